The maximum atomic E-state index is 12.2. The van der Waals surface area contributed by atoms with E-state index in [0.717, 1.165) is 28.6 Å². The topological polar surface area (TPSA) is 54.1 Å². The fraction of sp³-hybridized carbons (Fsp3) is 0.190. The van der Waals surface area contributed by atoms with E-state index in [4.69, 9.17) is 4.74 Å². The Hall–Kier alpha value is -3.01. The Morgan fingerprint density at radius 3 is 2.76 bits per heavy atom. The lowest BCUT2D eigenvalue weighted by Crippen LogP contribution is -2.26. The molecule has 4 heteroatoms. The van der Waals surface area contributed by atoms with Gasteiger partial charge in [-0.1, -0.05) is 30.3 Å². The van der Waals surface area contributed by atoms with Crippen LogP contribution < -0.4 is 10.1 Å². The highest BCUT2D eigenvalue weighted by Gasteiger charge is 2.07. The first-order valence-corrected chi connectivity index (χ1v) is 8.33. The number of benzene rings is 2. The van der Waals surface area contributed by atoms with Crippen molar-refractivity contribution < 1.29 is 9.53 Å². The molecule has 128 valence electrons. The van der Waals surface area contributed by atoms with E-state index >= 15 is 0 Å². The third kappa shape index (κ3) is 4.10. The summed E-state index contributed by atoms with van der Waals surface area (Å²) in [6.07, 6.45) is 4.65. The molecule has 0 saturated heterocycles. The molecule has 2 aromatic carbocycles. The second-order valence-electron chi connectivity index (χ2n) is 5.97. The molecule has 0 aliphatic heterocycles. The van der Waals surface area contributed by atoms with Gasteiger partial charge in [0.2, 0.25) is 5.91 Å². The number of fused-ring (bicyclic) bond motifs is 1. The minimum atomic E-state index is -0.0405. The van der Waals surface area contributed by atoms with Gasteiger partial charge in [-0.2, -0.15) is 0 Å². The number of H-pyrrole nitrogens is 1. The Kier molecular flexibility index (Phi) is 5.19. The predicted octanol–water partition coefficient (Wildman–Crippen LogP) is 3.94. The lowest BCUT2D eigenvalue weighted by Gasteiger charge is -2.06. The van der Waals surface area contributed by atoms with Gasteiger partial charge in [0, 0.05) is 29.2 Å². The number of carbonyl (C=O) groups is 1. The number of methoxy groups -OCH3 is 1. The Balaban J connectivity index is 1.61. The average molecular weight is 334 g/mol. The van der Waals surface area contributed by atoms with Crippen LogP contribution in [0.1, 0.15) is 18.1 Å². The highest BCUT2D eigenvalue weighted by Crippen LogP contribution is 2.23. The molecule has 3 aromatic rings. The first-order valence-electron chi connectivity index (χ1n) is 8.33. The summed E-state index contributed by atoms with van der Waals surface area (Å²) in [6, 6.07) is 15.8. The Morgan fingerprint density at radius 2 is 2.00 bits per heavy atom. The number of ether oxygens (including phenoxy) is 1. The number of nitrogens with one attached hydrogen (secondary N) is 2. The van der Waals surface area contributed by atoms with E-state index in [1.165, 1.54) is 5.56 Å². The van der Waals surface area contributed by atoms with E-state index in [-0.39, 0.29) is 5.91 Å². The van der Waals surface area contributed by atoms with Crippen molar-refractivity contribution in [2.45, 2.75) is 13.3 Å². The van der Waals surface area contributed by atoms with Crippen molar-refractivity contribution in [3.63, 3.8) is 0 Å². The van der Waals surface area contributed by atoms with Gasteiger partial charge >= 0.3 is 0 Å². The molecule has 0 fully saturated rings. The van der Waals surface area contributed by atoms with Crippen molar-refractivity contribution >= 4 is 22.9 Å². The summed E-state index contributed by atoms with van der Waals surface area (Å²) < 4.78 is 5.29. The van der Waals surface area contributed by atoms with E-state index in [1.54, 1.807) is 7.11 Å². The zero-order valence-corrected chi connectivity index (χ0v) is 14.5. The fourth-order valence-corrected chi connectivity index (χ4v) is 2.81. The molecular weight excluding hydrogens is 312 g/mol. The predicted molar refractivity (Wildman–Crippen MR) is 102 cm³/mol. The molecule has 3 rings (SSSR count). The van der Waals surface area contributed by atoms with Crippen molar-refractivity contribution in [3.05, 3.63) is 71.4 Å². The van der Waals surface area contributed by atoms with Gasteiger partial charge in [-0.15, -0.1) is 0 Å². The number of aromatic nitrogens is 1. The average Bonchev–Trinajstić information content (AvgIpc) is 3.04. The van der Waals surface area contributed by atoms with E-state index in [0.29, 0.717) is 12.1 Å². The number of rotatable bonds is 6. The maximum absolute atomic E-state index is 12.2. The standard InChI is InChI=1S/C21H22N2O2/c1-15(12-16-6-4-3-5-7-16)21(24)22-11-10-17-14-23-20-9-8-18(25-2)13-19(17)20/h3-9,12-14,23H,10-11H2,1-2H3,(H,22,24)/b15-12+. The monoisotopic (exact) mass is 334 g/mol. The molecule has 1 heterocycles. The second-order valence-corrected chi connectivity index (χ2v) is 5.97. The zero-order chi connectivity index (χ0) is 17.6. The Morgan fingerprint density at radius 1 is 1.20 bits per heavy atom. The van der Waals surface area contributed by atoms with E-state index < -0.39 is 0 Å². The van der Waals surface area contributed by atoms with Gasteiger partial charge in [-0.05, 0) is 48.7 Å². The molecule has 1 amide bonds. The van der Waals surface area contributed by atoms with Crippen molar-refractivity contribution in [1.82, 2.24) is 10.3 Å². The van der Waals surface area contributed by atoms with Gasteiger partial charge in [0.15, 0.2) is 0 Å². The van der Waals surface area contributed by atoms with Crippen LogP contribution in [0, 0.1) is 0 Å². The summed E-state index contributed by atoms with van der Waals surface area (Å²) >= 11 is 0. The second kappa shape index (κ2) is 7.71. The molecule has 0 spiro atoms. The molecule has 0 saturated carbocycles. The van der Waals surface area contributed by atoms with Crippen LogP contribution in [-0.4, -0.2) is 24.5 Å². The van der Waals surface area contributed by atoms with Crippen LogP contribution >= 0.6 is 0 Å². The SMILES string of the molecule is COc1ccc2[nH]cc(CCNC(=O)/C(C)=C/c3ccccc3)c2c1. The lowest BCUT2D eigenvalue weighted by molar-refractivity contribution is -0.117. The number of amides is 1. The molecule has 0 unspecified atom stereocenters. The highest BCUT2D eigenvalue weighted by molar-refractivity contribution is 5.97. The van der Waals surface area contributed by atoms with Crippen LogP contribution in [-0.2, 0) is 11.2 Å². The number of hydrogen-bond donors (Lipinski definition) is 2. The molecular formula is C21H22N2O2. The van der Waals surface area contributed by atoms with Crippen molar-refractivity contribution in [2.75, 3.05) is 13.7 Å². The maximum Gasteiger partial charge on any atom is 0.246 e. The molecule has 1 aromatic heterocycles. The van der Waals surface area contributed by atoms with Crippen molar-refractivity contribution in [2.24, 2.45) is 0 Å². The van der Waals surface area contributed by atoms with E-state index in [9.17, 15) is 4.79 Å². The quantitative estimate of drug-likeness (QED) is 0.671. The minimum Gasteiger partial charge on any atom is -0.497 e. The molecule has 0 atom stereocenters. The molecule has 4 nitrogen and oxygen atoms in total. The van der Waals surface area contributed by atoms with E-state index in [2.05, 4.69) is 10.3 Å². The summed E-state index contributed by atoms with van der Waals surface area (Å²) in [5.74, 6) is 0.792. The summed E-state index contributed by atoms with van der Waals surface area (Å²) in [6.45, 7) is 2.42. The van der Waals surface area contributed by atoms with Gasteiger partial charge in [-0.3, -0.25) is 4.79 Å². The Bertz CT molecular complexity index is 895. The lowest BCUT2D eigenvalue weighted by atomic mass is 10.1. The summed E-state index contributed by atoms with van der Waals surface area (Å²) in [4.78, 5) is 15.5. The fourth-order valence-electron chi connectivity index (χ4n) is 2.81. The van der Waals surface area contributed by atoms with Crippen LogP contribution in [0.15, 0.2) is 60.3 Å². The normalized spacial score (nSPS) is 11.5. The molecule has 0 aliphatic carbocycles. The number of aromatic amines is 1. The van der Waals surface area contributed by atoms with Gasteiger partial charge in [0.05, 0.1) is 7.11 Å². The first-order chi connectivity index (χ1) is 12.2. The van der Waals surface area contributed by atoms with Gasteiger partial charge in [-0.25, -0.2) is 0 Å². The van der Waals surface area contributed by atoms with Crippen LogP contribution in [0.3, 0.4) is 0 Å². The highest BCUT2D eigenvalue weighted by atomic mass is 16.5. The van der Waals surface area contributed by atoms with Crippen molar-refractivity contribution in [1.29, 1.82) is 0 Å². The summed E-state index contributed by atoms with van der Waals surface area (Å²) in [5.41, 5.74) is 3.96. The third-order valence-electron chi connectivity index (χ3n) is 4.20. The molecule has 0 radical (unpaired) electrons. The van der Waals surface area contributed by atoms with Crippen LogP contribution in [0.2, 0.25) is 0 Å². The van der Waals surface area contributed by atoms with Crippen LogP contribution in [0.4, 0.5) is 0 Å². The molecule has 0 aliphatic rings. The largest absolute Gasteiger partial charge is 0.497 e. The number of carbonyl (C=O) groups excluding carboxylic acids is 1. The number of hydrogen-bond acceptors (Lipinski definition) is 2. The smallest absolute Gasteiger partial charge is 0.246 e. The molecule has 25 heavy (non-hydrogen) atoms. The van der Waals surface area contributed by atoms with Crippen LogP contribution in [0.25, 0.3) is 17.0 Å². The summed E-state index contributed by atoms with van der Waals surface area (Å²) in [7, 11) is 1.66. The van der Waals surface area contributed by atoms with Gasteiger partial charge in [0.1, 0.15) is 5.75 Å². The van der Waals surface area contributed by atoms with Crippen LogP contribution in [0.5, 0.6) is 5.75 Å². The first kappa shape index (κ1) is 16.8. The minimum absolute atomic E-state index is 0.0405. The van der Waals surface area contributed by atoms with E-state index in [1.807, 2.05) is 67.7 Å². The van der Waals surface area contributed by atoms with Gasteiger partial charge < -0.3 is 15.0 Å². The summed E-state index contributed by atoms with van der Waals surface area (Å²) in [5, 5.41) is 4.11. The Labute approximate surface area is 147 Å². The molecule has 2 N–H and O–H groups in total. The molecule has 0 bridgehead atoms. The van der Waals surface area contributed by atoms with Crippen molar-refractivity contribution in [3.8, 4) is 5.75 Å². The van der Waals surface area contributed by atoms with Gasteiger partial charge in [0.25, 0.3) is 0 Å². The zero-order valence-electron chi connectivity index (χ0n) is 14.5. The third-order valence-corrected chi connectivity index (χ3v) is 4.20.